The number of rotatable bonds is 3. The van der Waals surface area contributed by atoms with Gasteiger partial charge in [0.1, 0.15) is 12.0 Å². The monoisotopic (exact) mass is 222 g/mol. The first-order chi connectivity index (χ1) is 7.61. The zero-order valence-corrected chi connectivity index (χ0v) is 9.52. The summed E-state index contributed by atoms with van der Waals surface area (Å²) < 4.78 is 12.4. The van der Waals surface area contributed by atoms with Crippen LogP contribution in [0.3, 0.4) is 0 Å². The van der Waals surface area contributed by atoms with Crippen molar-refractivity contribution in [3.05, 3.63) is 23.3 Å². The lowest BCUT2D eigenvalue weighted by atomic mass is 10.3. The third kappa shape index (κ3) is 1.79. The van der Waals surface area contributed by atoms with Gasteiger partial charge in [-0.1, -0.05) is 0 Å². The first kappa shape index (κ1) is 10.7. The smallest absolute Gasteiger partial charge is 0.399 e. The SMILES string of the molecule is Cc1nn(C)c(C)c1Oc1nc(CN)co1. The number of nitrogens with two attached hydrogens (primary N) is 1. The van der Waals surface area contributed by atoms with Gasteiger partial charge in [0.25, 0.3) is 0 Å². The van der Waals surface area contributed by atoms with E-state index < -0.39 is 0 Å². The van der Waals surface area contributed by atoms with Crippen LogP contribution in [0.25, 0.3) is 0 Å². The van der Waals surface area contributed by atoms with E-state index >= 15 is 0 Å². The van der Waals surface area contributed by atoms with Crippen LogP contribution in [0.5, 0.6) is 11.8 Å². The molecule has 0 bridgehead atoms. The molecule has 2 heterocycles. The van der Waals surface area contributed by atoms with Crippen LogP contribution in [0.2, 0.25) is 0 Å². The fraction of sp³-hybridized carbons (Fsp3) is 0.400. The van der Waals surface area contributed by atoms with E-state index in [0.717, 1.165) is 11.4 Å². The molecule has 0 aliphatic carbocycles. The number of ether oxygens (including phenoxy) is 1. The Morgan fingerprint density at radius 1 is 1.50 bits per heavy atom. The molecule has 0 spiro atoms. The van der Waals surface area contributed by atoms with Gasteiger partial charge in [-0.25, -0.2) is 0 Å². The standard InChI is InChI=1S/C10H14N4O2/c1-6-9(7(2)14(3)13-6)16-10-12-8(4-11)5-15-10/h5H,4,11H2,1-3H3. The predicted octanol–water partition coefficient (Wildman–Crippen LogP) is 1.28. The Morgan fingerprint density at radius 2 is 2.25 bits per heavy atom. The highest BCUT2D eigenvalue weighted by Gasteiger charge is 2.14. The fourth-order valence-electron chi connectivity index (χ4n) is 1.42. The molecule has 0 aliphatic rings. The Morgan fingerprint density at radius 3 is 2.75 bits per heavy atom. The Hall–Kier alpha value is -1.82. The molecule has 6 heteroatoms. The molecule has 0 aliphatic heterocycles. The van der Waals surface area contributed by atoms with Crippen molar-refractivity contribution in [1.82, 2.24) is 14.8 Å². The van der Waals surface area contributed by atoms with Crippen LogP contribution in [0.1, 0.15) is 17.1 Å². The van der Waals surface area contributed by atoms with Gasteiger partial charge in [-0.2, -0.15) is 10.1 Å². The van der Waals surface area contributed by atoms with Crippen LogP contribution in [0.4, 0.5) is 0 Å². The highest BCUT2D eigenvalue weighted by molar-refractivity contribution is 5.33. The Labute approximate surface area is 93.0 Å². The van der Waals surface area contributed by atoms with Gasteiger partial charge in [0.2, 0.25) is 0 Å². The Kier molecular flexibility index (Phi) is 2.66. The molecule has 0 radical (unpaired) electrons. The molecule has 0 aromatic carbocycles. The molecule has 2 rings (SSSR count). The van der Waals surface area contributed by atoms with Gasteiger partial charge in [0.05, 0.1) is 11.4 Å². The van der Waals surface area contributed by atoms with Crippen LogP contribution in [0, 0.1) is 13.8 Å². The van der Waals surface area contributed by atoms with Crippen LogP contribution >= 0.6 is 0 Å². The number of oxazole rings is 1. The van der Waals surface area contributed by atoms with Gasteiger partial charge in [-0.3, -0.25) is 4.68 Å². The molecular formula is C10H14N4O2. The second-order valence-electron chi connectivity index (χ2n) is 3.53. The normalized spacial score (nSPS) is 10.8. The lowest BCUT2D eigenvalue weighted by molar-refractivity contribution is 0.327. The van der Waals surface area contributed by atoms with Crippen molar-refractivity contribution in [2.75, 3.05) is 0 Å². The number of aryl methyl sites for hydroxylation is 2. The Balaban J connectivity index is 2.26. The predicted molar refractivity (Wildman–Crippen MR) is 57.2 cm³/mol. The number of hydrogen-bond acceptors (Lipinski definition) is 5. The van der Waals surface area contributed by atoms with E-state index in [1.165, 1.54) is 6.26 Å². The van der Waals surface area contributed by atoms with Gasteiger partial charge >= 0.3 is 6.08 Å². The minimum Gasteiger partial charge on any atom is -0.417 e. The largest absolute Gasteiger partial charge is 0.417 e. The van der Waals surface area contributed by atoms with E-state index in [4.69, 9.17) is 14.9 Å². The minimum absolute atomic E-state index is 0.194. The highest BCUT2D eigenvalue weighted by atomic mass is 16.6. The molecule has 0 saturated carbocycles. The zero-order valence-electron chi connectivity index (χ0n) is 9.52. The van der Waals surface area contributed by atoms with Crippen molar-refractivity contribution in [2.24, 2.45) is 12.8 Å². The van der Waals surface area contributed by atoms with Gasteiger partial charge in [0, 0.05) is 13.6 Å². The second kappa shape index (κ2) is 3.97. The van der Waals surface area contributed by atoms with Crippen molar-refractivity contribution < 1.29 is 9.15 Å². The van der Waals surface area contributed by atoms with Crippen LogP contribution in [-0.4, -0.2) is 14.8 Å². The molecular weight excluding hydrogens is 208 g/mol. The molecule has 0 saturated heterocycles. The maximum absolute atomic E-state index is 5.53. The summed E-state index contributed by atoms with van der Waals surface area (Å²) in [4.78, 5) is 4.06. The molecule has 0 amide bonds. The van der Waals surface area contributed by atoms with Crippen molar-refractivity contribution in [1.29, 1.82) is 0 Å². The molecule has 0 atom stereocenters. The summed E-state index contributed by atoms with van der Waals surface area (Å²) in [5, 5.41) is 4.23. The van der Waals surface area contributed by atoms with Crippen molar-refractivity contribution in [3.8, 4) is 11.8 Å². The average molecular weight is 222 g/mol. The highest BCUT2D eigenvalue weighted by Crippen LogP contribution is 2.27. The summed E-state index contributed by atoms with van der Waals surface area (Å²) >= 11 is 0. The zero-order chi connectivity index (χ0) is 11.7. The molecule has 2 aromatic rings. The third-order valence-corrected chi connectivity index (χ3v) is 2.37. The molecule has 16 heavy (non-hydrogen) atoms. The maximum Gasteiger partial charge on any atom is 0.399 e. The first-order valence-corrected chi connectivity index (χ1v) is 4.94. The number of aromatic nitrogens is 3. The first-order valence-electron chi connectivity index (χ1n) is 4.94. The lowest BCUT2D eigenvalue weighted by Crippen LogP contribution is -1.96. The second-order valence-corrected chi connectivity index (χ2v) is 3.53. The maximum atomic E-state index is 5.53. The van der Waals surface area contributed by atoms with E-state index in [2.05, 4.69) is 10.1 Å². The van der Waals surface area contributed by atoms with Gasteiger partial charge in [-0.05, 0) is 13.8 Å². The Bertz CT molecular complexity index is 501. The summed E-state index contributed by atoms with van der Waals surface area (Å²) in [6.07, 6.45) is 1.68. The van der Waals surface area contributed by atoms with Crippen LogP contribution in [0.15, 0.2) is 10.7 Å². The van der Waals surface area contributed by atoms with E-state index in [-0.39, 0.29) is 6.08 Å². The van der Waals surface area contributed by atoms with Gasteiger partial charge in [-0.15, -0.1) is 0 Å². The van der Waals surface area contributed by atoms with Gasteiger partial charge < -0.3 is 14.9 Å². The lowest BCUT2D eigenvalue weighted by Gasteiger charge is -2.00. The van der Waals surface area contributed by atoms with Crippen molar-refractivity contribution in [2.45, 2.75) is 20.4 Å². The van der Waals surface area contributed by atoms with E-state index in [1.54, 1.807) is 4.68 Å². The van der Waals surface area contributed by atoms with Gasteiger partial charge in [0.15, 0.2) is 5.75 Å². The minimum atomic E-state index is 0.194. The summed E-state index contributed by atoms with van der Waals surface area (Å²) in [7, 11) is 1.86. The molecule has 0 fully saturated rings. The van der Waals surface area contributed by atoms with E-state index in [1.807, 2.05) is 20.9 Å². The number of nitrogens with zero attached hydrogens (tertiary/aromatic N) is 3. The summed E-state index contributed by atoms with van der Waals surface area (Å²) in [6.45, 7) is 4.12. The average Bonchev–Trinajstić information content (AvgIpc) is 2.80. The molecule has 6 nitrogen and oxygen atoms in total. The number of hydrogen-bond donors (Lipinski definition) is 1. The summed E-state index contributed by atoms with van der Waals surface area (Å²) in [5.74, 6) is 0.674. The molecule has 0 unspecified atom stereocenters. The van der Waals surface area contributed by atoms with Crippen LogP contribution in [-0.2, 0) is 13.6 Å². The molecule has 2 aromatic heterocycles. The summed E-state index contributed by atoms with van der Waals surface area (Å²) in [5.41, 5.74) is 7.81. The fourth-order valence-corrected chi connectivity index (χ4v) is 1.42. The van der Waals surface area contributed by atoms with E-state index in [0.29, 0.717) is 18.0 Å². The molecule has 2 N–H and O–H groups in total. The topological polar surface area (TPSA) is 79.1 Å². The van der Waals surface area contributed by atoms with Crippen molar-refractivity contribution in [3.63, 3.8) is 0 Å². The van der Waals surface area contributed by atoms with Crippen molar-refractivity contribution >= 4 is 0 Å². The summed E-state index contributed by atoms with van der Waals surface area (Å²) in [6, 6.07) is 0. The quantitative estimate of drug-likeness (QED) is 0.846. The molecule has 86 valence electrons. The van der Waals surface area contributed by atoms with Crippen LogP contribution < -0.4 is 10.5 Å². The van der Waals surface area contributed by atoms with E-state index in [9.17, 15) is 0 Å². The third-order valence-electron chi connectivity index (χ3n) is 2.37.